The Balaban J connectivity index is 2.20. The van der Waals surface area contributed by atoms with Crippen molar-refractivity contribution >= 4 is 29.1 Å². The van der Waals surface area contributed by atoms with E-state index in [9.17, 15) is 19.7 Å². The number of benzene rings is 1. The van der Waals surface area contributed by atoms with Crippen LogP contribution in [0.3, 0.4) is 0 Å². The number of nitrogens with zero attached hydrogens (tertiary/aromatic N) is 3. The van der Waals surface area contributed by atoms with Gasteiger partial charge < -0.3 is 9.80 Å². The van der Waals surface area contributed by atoms with Gasteiger partial charge in [-0.2, -0.15) is 0 Å². The SMILES string of the molecule is CN1CCN(C(=O)c2ccc([N+](=O)[O-])c(Cl)c2)CC1=O. The van der Waals surface area contributed by atoms with Gasteiger partial charge in [-0.15, -0.1) is 0 Å². The van der Waals surface area contributed by atoms with Crippen LogP contribution in [-0.4, -0.2) is 53.2 Å². The van der Waals surface area contributed by atoms with Crippen molar-refractivity contribution < 1.29 is 14.5 Å². The molecule has 0 aromatic heterocycles. The molecule has 106 valence electrons. The third kappa shape index (κ3) is 2.72. The molecule has 0 radical (unpaired) electrons. The van der Waals surface area contributed by atoms with E-state index in [1.54, 1.807) is 11.9 Å². The lowest BCUT2D eigenvalue weighted by atomic mass is 10.1. The molecule has 1 aromatic carbocycles. The molecule has 20 heavy (non-hydrogen) atoms. The topological polar surface area (TPSA) is 83.8 Å². The van der Waals surface area contributed by atoms with Crippen molar-refractivity contribution in [1.82, 2.24) is 9.80 Å². The minimum atomic E-state index is -0.615. The normalized spacial score (nSPS) is 15.4. The molecule has 0 unspecified atom stereocenters. The summed E-state index contributed by atoms with van der Waals surface area (Å²) in [4.78, 5) is 36.8. The number of piperazine rings is 1. The van der Waals surface area contributed by atoms with E-state index >= 15 is 0 Å². The molecule has 0 atom stereocenters. The molecule has 0 aliphatic carbocycles. The summed E-state index contributed by atoms with van der Waals surface area (Å²) in [6.07, 6.45) is 0. The largest absolute Gasteiger partial charge is 0.342 e. The predicted molar refractivity (Wildman–Crippen MR) is 71.6 cm³/mol. The minimum Gasteiger partial charge on any atom is -0.342 e. The number of carbonyl (C=O) groups is 2. The summed E-state index contributed by atoms with van der Waals surface area (Å²) in [7, 11) is 1.67. The highest BCUT2D eigenvalue weighted by molar-refractivity contribution is 6.33. The molecular formula is C12H12ClN3O4. The summed E-state index contributed by atoms with van der Waals surface area (Å²) in [5.74, 6) is -0.499. The molecular weight excluding hydrogens is 286 g/mol. The second-order valence-corrected chi connectivity index (χ2v) is 4.87. The third-order valence-electron chi connectivity index (χ3n) is 3.14. The Bertz CT molecular complexity index is 590. The van der Waals surface area contributed by atoms with Gasteiger partial charge in [-0.1, -0.05) is 11.6 Å². The maximum Gasteiger partial charge on any atom is 0.287 e. The summed E-state index contributed by atoms with van der Waals surface area (Å²) >= 11 is 5.77. The molecule has 0 spiro atoms. The first kappa shape index (κ1) is 14.3. The molecule has 1 aromatic rings. The standard InChI is InChI=1S/C12H12ClN3O4/c1-14-4-5-15(7-11(14)17)12(18)8-2-3-10(16(19)20)9(13)6-8/h2-3,6H,4-5,7H2,1H3. The number of carbonyl (C=O) groups excluding carboxylic acids is 2. The maximum atomic E-state index is 12.2. The highest BCUT2D eigenvalue weighted by Gasteiger charge is 2.26. The van der Waals surface area contributed by atoms with Crippen LogP contribution in [0.5, 0.6) is 0 Å². The van der Waals surface area contributed by atoms with E-state index in [-0.39, 0.29) is 34.6 Å². The number of hydrogen-bond donors (Lipinski definition) is 0. The van der Waals surface area contributed by atoms with Crippen molar-refractivity contribution in [2.45, 2.75) is 0 Å². The van der Waals surface area contributed by atoms with Gasteiger partial charge in [0, 0.05) is 31.8 Å². The number of nitro benzene ring substituents is 1. The maximum absolute atomic E-state index is 12.2. The third-order valence-corrected chi connectivity index (χ3v) is 3.44. The van der Waals surface area contributed by atoms with Gasteiger partial charge in [0.05, 0.1) is 4.92 Å². The highest BCUT2D eigenvalue weighted by atomic mass is 35.5. The van der Waals surface area contributed by atoms with Crippen molar-refractivity contribution in [3.05, 3.63) is 38.9 Å². The van der Waals surface area contributed by atoms with Crippen LogP contribution >= 0.6 is 11.6 Å². The fraction of sp³-hybridized carbons (Fsp3) is 0.333. The lowest BCUT2D eigenvalue weighted by molar-refractivity contribution is -0.384. The number of likely N-dealkylation sites (N-methyl/N-ethyl adjacent to an activating group) is 1. The van der Waals surface area contributed by atoms with Gasteiger partial charge in [-0.3, -0.25) is 19.7 Å². The van der Waals surface area contributed by atoms with Gasteiger partial charge >= 0.3 is 0 Å². The molecule has 0 bridgehead atoms. The van der Waals surface area contributed by atoms with Crippen LogP contribution in [0.2, 0.25) is 5.02 Å². The molecule has 1 aliphatic heterocycles. The van der Waals surface area contributed by atoms with Crippen LogP contribution in [-0.2, 0) is 4.79 Å². The first-order valence-corrected chi connectivity index (χ1v) is 6.25. The average molecular weight is 298 g/mol. The molecule has 0 N–H and O–H groups in total. The summed E-state index contributed by atoms with van der Waals surface area (Å²) in [5.41, 5.74) is -0.0179. The van der Waals surface area contributed by atoms with Gasteiger partial charge in [0.1, 0.15) is 11.6 Å². The lowest BCUT2D eigenvalue weighted by Gasteiger charge is -2.32. The quantitative estimate of drug-likeness (QED) is 0.606. The minimum absolute atomic E-state index is 0.00391. The second kappa shape index (κ2) is 5.46. The van der Waals surface area contributed by atoms with E-state index in [4.69, 9.17) is 11.6 Å². The smallest absolute Gasteiger partial charge is 0.287 e. The van der Waals surface area contributed by atoms with Crippen LogP contribution < -0.4 is 0 Å². The molecule has 0 saturated carbocycles. The van der Waals surface area contributed by atoms with E-state index in [2.05, 4.69) is 0 Å². The molecule has 7 nitrogen and oxygen atoms in total. The van der Waals surface area contributed by atoms with Gasteiger partial charge in [0.25, 0.3) is 11.6 Å². The lowest BCUT2D eigenvalue weighted by Crippen LogP contribution is -2.50. The zero-order chi connectivity index (χ0) is 14.9. The molecule has 1 fully saturated rings. The fourth-order valence-corrected chi connectivity index (χ4v) is 2.15. The Morgan fingerprint density at radius 2 is 2.10 bits per heavy atom. The highest BCUT2D eigenvalue weighted by Crippen LogP contribution is 2.25. The van der Waals surface area contributed by atoms with Crippen LogP contribution in [0.15, 0.2) is 18.2 Å². The summed E-state index contributed by atoms with van der Waals surface area (Å²) in [6, 6.07) is 3.79. The van der Waals surface area contributed by atoms with Crippen LogP contribution in [0.1, 0.15) is 10.4 Å². The first-order chi connectivity index (χ1) is 9.40. The molecule has 1 saturated heterocycles. The number of halogens is 1. The number of amides is 2. The van der Waals surface area contributed by atoms with Crippen LogP contribution in [0.4, 0.5) is 5.69 Å². The van der Waals surface area contributed by atoms with Gasteiger partial charge in [-0.25, -0.2) is 0 Å². The summed E-state index contributed by atoms with van der Waals surface area (Å²) < 4.78 is 0. The van der Waals surface area contributed by atoms with E-state index in [0.717, 1.165) is 0 Å². The van der Waals surface area contributed by atoms with E-state index in [1.807, 2.05) is 0 Å². The monoisotopic (exact) mass is 297 g/mol. The molecule has 1 heterocycles. The van der Waals surface area contributed by atoms with Crippen molar-refractivity contribution in [3.63, 3.8) is 0 Å². The van der Waals surface area contributed by atoms with Crippen molar-refractivity contribution in [1.29, 1.82) is 0 Å². The zero-order valence-electron chi connectivity index (χ0n) is 10.7. The second-order valence-electron chi connectivity index (χ2n) is 4.47. The van der Waals surface area contributed by atoms with Gasteiger partial charge in [-0.05, 0) is 12.1 Å². The van der Waals surface area contributed by atoms with Crippen molar-refractivity contribution in [2.24, 2.45) is 0 Å². The fourth-order valence-electron chi connectivity index (χ4n) is 1.90. The summed E-state index contributed by atoms with van der Waals surface area (Å²) in [5, 5.41) is 10.6. The summed E-state index contributed by atoms with van der Waals surface area (Å²) in [6.45, 7) is 0.894. The Morgan fingerprint density at radius 1 is 1.40 bits per heavy atom. The number of hydrogen-bond acceptors (Lipinski definition) is 4. The first-order valence-electron chi connectivity index (χ1n) is 5.87. The van der Waals surface area contributed by atoms with E-state index < -0.39 is 4.92 Å². The van der Waals surface area contributed by atoms with Crippen molar-refractivity contribution in [2.75, 3.05) is 26.7 Å². The number of rotatable bonds is 2. The van der Waals surface area contributed by atoms with Gasteiger partial charge in [0.2, 0.25) is 5.91 Å². The van der Waals surface area contributed by atoms with Crippen LogP contribution in [0.25, 0.3) is 0 Å². The Kier molecular flexibility index (Phi) is 3.89. The van der Waals surface area contributed by atoms with E-state index in [1.165, 1.54) is 23.1 Å². The van der Waals surface area contributed by atoms with Crippen LogP contribution in [0, 0.1) is 10.1 Å². The molecule has 8 heteroatoms. The Labute approximate surface area is 119 Å². The zero-order valence-corrected chi connectivity index (χ0v) is 11.5. The Morgan fingerprint density at radius 3 is 2.65 bits per heavy atom. The Hall–Kier alpha value is -2.15. The average Bonchev–Trinajstić information content (AvgIpc) is 2.40. The molecule has 1 aliphatic rings. The van der Waals surface area contributed by atoms with Crippen molar-refractivity contribution in [3.8, 4) is 0 Å². The molecule has 2 amide bonds. The molecule has 2 rings (SSSR count). The predicted octanol–water partition coefficient (Wildman–Crippen LogP) is 1.16. The number of nitro groups is 1. The van der Waals surface area contributed by atoms with E-state index in [0.29, 0.717) is 13.1 Å². The van der Waals surface area contributed by atoms with Gasteiger partial charge in [0.15, 0.2) is 0 Å².